The van der Waals surface area contributed by atoms with Crippen molar-refractivity contribution >= 4 is 16.6 Å². The molecule has 0 amide bonds. The average molecular weight is 463 g/mol. The SMILES string of the molecule is CC(C)(C)[Si](C)(C)OC[C@@H](O)[C@@H]1C[C@H]2O[C@@H]([C@H](O)CO[Si](C)(C)C(C)(C)C)C[C@H]2O1. The molecule has 2 aliphatic heterocycles. The number of hydrogen-bond donors (Lipinski definition) is 2. The van der Waals surface area contributed by atoms with E-state index >= 15 is 0 Å². The zero-order valence-corrected chi connectivity index (χ0v) is 22.8. The summed E-state index contributed by atoms with van der Waals surface area (Å²) in [7, 11) is -3.80. The van der Waals surface area contributed by atoms with Crippen LogP contribution in [-0.4, -0.2) is 76.7 Å². The normalized spacial score (nSPS) is 30.4. The molecule has 6 nitrogen and oxygen atoms in total. The smallest absolute Gasteiger partial charge is 0.192 e. The lowest BCUT2D eigenvalue weighted by Gasteiger charge is -2.37. The van der Waals surface area contributed by atoms with Crippen molar-refractivity contribution in [1.82, 2.24) is 0 Å². The fraction of sp³-hybridized carbons (Fsp3) is 1.00. The molecule has 0 radical (unpaired) electrons. The average Bonchev–Trinajstić information content (AvgIpc) is 3.14. The van der Waals surface area contributed by atoms with Gasteiger partial charge in [0.05, 0.1) is 37.6 Å². The molecule has 8 heteroatoms. The van der Waals surface area contributed by atoms with Crippen LogP contribution < -0.4 is 0 Å². The lowest BCUT2D eigenvalue weighted by atomic mass is 10.1. The molecule has 0 aromatic carbocycles. The second kappa shape index (κ2) is 9.21. The van der Waals surface area contributed by atoms with Gasteiger partial charge in [-0.1, -0.05) is 41.5 Å². The maximum Gasteiger partial charge on any atom is 0.192 e. The van der Waals surface area contributed by atoms with Crippen molar-refractivity contribution in [2.24, 2.45) is 0 Å². The van der Waals surface area contributed by atoms with E-state index in [9.17, 15) is 10.2 Å². The summed E-state index contributed by atoms with van der Waals surface area (Å²) in [5.41, 5.74) is 0. The van der Waals surface area contributed by atoms with Crippen molar-refractivity contribution in [3.05, 3.63) is 0 Å². The van der Waals surface area contributed by atoms with Gasteiger partial charge in [-0.25, -0.2) is 0 Å². The predicted molar refractivity (Wildman–Crippen MR) is 125 cm³/mol. The highest BCUT2D eigenvalue weighted by Crippen LogP contribution is 2.40. The molecule has 0 saturated carbocycles. The summed E-state index contributed by atoms with van der Waals surface area (Å²) in [6.07, 6.45) is -0.733. The van der Waals surface area contributed by atoms with Crippen LogP contribution in [0.4, 0.5) is 0 Å². The third-order valence-corrected chi connectivity index (χ3v) is 16.7. The lowest BCUT2D eigenvalue weighted by molar-refractivity contribution is -0.0642. The van der Waals surface area contributed by atoms with Gasteiger partial charge in [0, 0.05) is 12.8 Å². The standard InChI is InChI=1S/C22H46O6Si2/c1-21(2,3)29(7,8)25-13-15(23)17-11-19-20(27-17)12-18(28-19)16(24)14-26-30(9,10)22(4,5)6/h15-20,23-24H,11-14H2,1-10H3/t15-,16-,17-,18+,19-,20-/m1/s1. The zero-order chi connectivity index (χ0) is 23.1. The summed E-state index contributed by atoms with van der Waals surface area (Å²) in [6.45, 7) is 22.5. The van der Waals surface area contributed by atoms with Gasteiger partial charge in [0.1, 0.15) is 12.2 Å². The minimum atomic E-state index is -1.90. The molecule has 0 aromatic rings. The van der Waals surface area contributed by atoms with E-state index in [4.69, 9.17) is 18.3 Å². The van der Waals surface area contributed by atoms with Crippen LogP contribution in [0.25, 0.3) is 0 Å². The van der Waals surface area contributed by atoms with Crippen LogP contribution in [0.5, 0.6) is 0 Å². The molecule has 30 heavy (non-hydrogen) atoms. The minimum absolute atomic E-state index is 0.0787. The molecule has 2 N–H and O–H groups in total. The van der Waals surface area contributed by atoms with Crippen molar-refractivity contribution in [1.29, 1.82) is 0 Å². The highest BCUT2D eigenvalue weighted by Gasteiger charge is 2.48. The molecule has 2 fully saturated rings. The van der Waals surface area contributed by atoms with Crippen molar-refractivity contribution in [2.75, 3.05) is 13.2 Å². The summed E-state index contributed by atoms with van der Waals surface area (Å²) in [5.74, 6) is 0. The quantitative estimate of drug-likeness (QED) is 0.530. The molecule has 6 atom stereocenters. The van der Waals surface area contributed by atoms with Gasteiger partial charge in [-0.3, -0.25) is 0 Å². The van der Waals surface area contributed by atoms with E-state index in [1.54, 1.807) is 0 Å². The molecule has 0 bridgehead atoms. The topological polar surface area (TPSA) is 77.4 Å². The number of fused-ring (bicyclic) bond motifs is 1. The van der Waals surface area contributed by atoms with Gasteiger partial charge in [0.2, 0.25) is 0 Å². The number of aliphatic hydroxyl groups is 2. The fourth-order valence-corrected chi connectivity index (χ4v) is 5.38. The summed E-state index contributed by atoms with van der Waals surface area (Å²) < 4.78 is 24.5. The molecule has 0 spiro atoms. The summed E-state index contributed by atoms with van der Waals surface area (Å²) in [5, 5.41) is 21.4. The number of hydrogen-bond acceptors (Lipinski definition) is 6. The highest BCUT2D eigenvalue weighted by molar-refractivity contribution is 6.74. The van der Waals surface area contributed by atoms with Crippen molar-refractivity contribution in [3.63, 3.8) is 0 Å². The van der Waals surface area contributed by atoms with Crippen LogP contribution in [-0.2, 0) is 18.3 Å². The first-order valence-corrected chi connectivity index (χ1v) is 17.2. The Morgan fingerprint density at radius 2 is 1.03 bits per heavy atom. The first-order chi connectivity index (χ1) is 13.4. The van der Waals surface area contributed by atoms with Crippen molar-refractivity contribution in [2.45, 2.75) is 127 Å². The third-order valence-electron chi connectivity index (χ3n) is 7.74. The molecule has 2 aliphatic rings. The van der Waals surface area contributed by atoms with E-state index in [1.807, 2.05) is 0 Å². The van der Waals surface area contributed by atoms with E-state index in [0.29, 0.717) is 26.1 Å². The van der Waals surface area contributed by atoms with E-state index < -0.39 is 28.8 Å². The number of rotatable bonds is 8. The van der Waals surface area contributed by atoms with E-state index in [1.165, 1.54) is 0 Å². The molecule has 0 unspecified atom stereocenters. The Balaban J connectivity index is 1.79. The molecule has 0 aliphatic carbocycles. The summed E-state index contributed by atoms with van der Waals surface area (Å²) >= 11 is 0. The van der Waals surface area contributed by atoms with Crippen LogP contribution >= 0.6 is 0 Å². The molecule has 2 rings (SSSR count). The second-order valence-corrected chi connectivity index (χ2v) is 21.8. The summed E-state index contributed by atoms with van der Waals surface area (Å²) in [6, 6.07) is 0. The van der Waals surface area contributed by atoms with E-state index in [-0.39, 0.29) is 34.5 Å². The van der Waals surface area contributed by atoms with E-state index in [0.717, 1.165) is 0 Å². The Labute approximate surface area is 185 Å². The first-order valence-electron chi connectivity index (χ1n) is 11.4. The fourth-order valence-electron chi connectivity index (χ4n) is 3.34. The number of aliphatic hydroxyl groups excluding tert-OH is 2. The maximum atomic E-state index is 10.6. The van der Waals surface area contributed by atoms with Crippen molar-refractivity contribution < 1.29 is 28.5 Å². The highest BCUT2D eigenvalue weighted by atomic mass is 28.4. The van der Waals surface area contributed by atoms with E-state index in [2.05, 4.69) is 67.7 Å². The largest absolute Gasteiger partial charge is 0.414 e. The van der Waals surface area contributed by atoms with Gasteiger partial charge in [-0.2, -0.15) is 0 Å². The van der Waals surface area contributed by atoms with Gasteiger partial charge in [0.15, 0.2) is 16.6 Å². The second-order valence-electron chi connectivity index (χ2n) is 12.2. The molecule has 2 heterocycles. The van der Waals surface area contributed by atoms with Crippen LogP contribution in [0.15, 0.2) is 0 Å². The maximum absolute atomic E-state index is 10.6. The Bertz CT molecular complexity index is 507. The minimum Gasteiger partial charge on any atom is -0.414 e. The van der Waals surface area contributed by atoms with Crippen LogP contribution in [0.3, 0.4) is 0 Å². The Hall–Kier alpha value is 0.194. The number of ether oxygens (including phenoxy) is 2. The van der Waals surface area contributed by atoms with Gasteiger partial charge < -0.3 is 28.5 Å². The molecular formula is C22H46O6Si2. The molecule has 178 valence electrons. The molecular weight excluding hydrogens is 416 g/mol. The Morgan fingerprint density at radius 3 is 1.30 bits per heavy atom. The molecule has 2 saturated heterocycles. The van der Waals surface area contributed by atoms with Gasteiger partial charge in [-0.05, 0) is 36.3 Å². The van der Waals surface area contributed by atoms with Crippen molar-refractivity contribution in [3.8, 4) is 0 Å². The van der Waals surface area contributed by atoms with Crippen LogP contribution in [0.2, 0.25) is 36.3 Å². The van der Waals surface area contributed by atoms with Gasteiger partial charge in [0.25, 0.3) is 0 Å². The zero-order valence-electron chi connectivity index (χ0n) is 20.8. The first kappa shape index (κ1) is 26.4. The Kier molecular flexibility index (Phi) is 8.12. The third kappa shape index (κ3) is 6.16. The summed E-state index contributed by atoms with van der Waals surface area (Å²) in [4.78, 5) is 0. The monoisotopic (exact) mass is 462 g/mol. The van der Waals surface area contributed by atoms with Gasteiger partial charge >= 0.3 is 0 Å². The predicted octanol–water partition coefficient (Wildman–Crippen LogP) is 4.07. The molecule has 0 aromatic heterocycles. The van der Waals surface area contributed by atoms with Crippen LogP contribution in [0, 0.1) is 0 Å². The van der Waals surface area contributed by atoms with Gasteiger partial charge in [-0.15, -0.1) is 0 Å². The Morgan fingerprint density at radius 1 is 0.733 bits per heavy atom. The lowest BCUT2D eigenvalue weighted by Crippen LogP contribution is -2.45. The van der Waals surface area contributed by atoms with Crippen LogP contribution in [0.1, 0.15) is 54.4 Å².